The number of nitrogens with two attached hydrogens (primary N) is 1. The number of nitrogens with zero attached hydrogens (tertiary/aromatic N) is 4. The van der Waals surface area contributed by atoms with Gasteiger partial charge in [-0.25, -0.2) is 9.59 Å². The van der Waals surface area contributed by atoms with E-state index in [4.69, 9.17) is 5.73 Å². The number of nitrogen functional groups attached to an aromatic ring is 1. The third-order valence-electron chi connectivity index (χ3n) is 11.0. The molecule has 4 N–H and O–H groups in total. The van der Waals surface area contributed by atoms with Crippen molar-refractivity contribution in [2.24, 2.45) is 17.8 Å². The third-order valence-corrected chi connectivity index (χ3v) is 11.7. The molecular formula is C35H47BrN6O4. The molecule has 6 rings (SSSR count). The van der Waals surface area contributed by atoms with Crippen molar-refractivity contribution in [1.29, 1.82) is 0 Å². The Morgan fingerprint density at radius 1 is 0.978 bits per heavy atom. The smallest absolute Gasteiger partial charge is 0.407 e. The molecule has 2 aromatic carbocycles. The molecule has 0 radical (unpaired) electrons. The Kier molecular flexibility index (Phi) is 10.1. The van der Waals surface area contributed by atoms with Crippen LogP contribution in [-0.4, -0.2) is 101 Å². The fourth-order valence-electron chi connectivity index (χ4n) is 8.28. The summed E-state index contributed by atoms with van der Waals surface area (Å²) in [5.74, 6) is 0.773. The molecule has 2 aromatic rings. The predicted octanol–water partition coefficient (Wildman–Crippen LogP) is 5.37. The van der Waals surface area contributed by atoms with Gasteiger partial charge in [0.1, 0.15) is 0 Å². The number of likely N-dealkylation sites (tertiary alicyclic amines) is 3. The van der Waals surface area contributed by atoms with E-state index in [9.17, 15) is 19.5 Å². The van der Waals surface area contributed by atoms with Gasteiger partial charge in [0.25, 0.3) is 0 Å². The highest BCUT2D eigenvalue weighted by molar-refractivity contribution is 9.10. The van der Waals surface area contributed by atoms with E-state index in [1.807, 2.05) is 52.3 Å². The summed E-state index contributed by atoms with van der Waals surface area (Å²) in [6, 6.07) is 12.6. The Labute approximate surface area is 280 Å². The molecule has 4 aliphatic heterocycles. The molecule has 0 bridgehead atoms. The maximum atomic E-state index is 14.6. The Morgan fingerprint density at radius 3 is 2.37 bits per heavy atom. The van der Waals surface area contributed by atoms with Gasteiger partial charge in [0, 0.05) is 54.1 Å². The van der Waals surface area contributed by atoms with Crippen LogP contribution in [0, 0.1) is 17.8 Å². The van der Waals surface area contributed by atoms with E-state index < -0.39 is 18.1 Å². The van der Waals surface area contributed by atoms with Crippen LogP contribution in [0.4, 0.5) is 21.0 Å². The van der Waals surface area contributed by atoms with Crippen molar-refractivity contribution in [2.45, 2.75) is 63.5 Å². The van der Waals surface area contributed by atoms with E-state index in [2.05, 4.69) is 33.2 Å². The maximum Gasteiger partial charge on any atom is 0.407 e. The number of nitrogens with one attached hydrogen (secondary N) is 1. The van der Waals surface area contributed by atoms with Gasteiger partial charge in [-0.3, -0.25) is 4.79 Å². The first-order valence-corrected chi connectivity index (χ1v) is 17.6. The van der Waals surface area contributed by atoms with Gasteiger partial charge < -0.3 is 35.8 Å². The van der Waals surface area contributed by atoms with E-state index in [0.29, 0.717) is 62.8 Å². The number of piperidine rings is 3. The number of rotatable bonds is 6. The van der Waals surface area contributed by atoms with Crippen LogP contribution in [0.5, 0.6) is 0 Å². The van der Waals surface area contributed by atoms with Crippen molar-refractivity contribution in [3.05, 3.63) is 58.1 Å². The number of carboxylic acid groups (broad SMARTS) is 1. The summed E-state index contributed by atoms with van der Waals surface area (Å²) in [6.07, 6.45) is 5.45. The van der Waals surface area contributed by atoms with Gasteiger partial charge >= 0.3 is 12.1 Å². The van der Waals surface area contributed by atoms with Crippen molar-refractivity contribution in [1.82, 2.24) is 19.6 Å². The van der Waals surface area contributed by atoms with Gasteiger partial charge in [-0.1, -0.05) is 24.3 Å². The lowest BCUT2D eigenvalue weighted by atomic mass is 9.78. The molecule has 0 aromatic heterocycles. The number of urea groups is 1. The predicted molar refractivity (Wildman–Crippen MR) is 183 cm³/mol. The molecule has 10 nitrogen and oxygen atoms in total. The number of anilines is 2. The minimum atomic E-state index is -1.02. The van der Waals surface area contributed by atoms with Crippen molar-refractivity contribution >= 4 is 45.3 Å². The summed E-state index contributed by atoms with van der Waals surface area (Å²) in [4.78, 5) is 48.4. The molecule has 3 atom stereocenters. The molecule has 0 aliphatic carbocycles. The van der Waals surface area contributed by atoms with E-state index in [-0.39, 0.29) is 24.5 Å². The average molecular weight is 696 g/mol. The van der Waals surface area contributed by atoms with Crippen LogP contribution < -0.4 is 11.1 Å². The molecule has 2 unspecified atom stereocenters. The summed E-state index contributed by atoms with van der Waals surface area (Å²) < 4.78 is 0.757. The quantitative estimate of drug-likeness (QED) is 0.350. The molecule has 11 heteroatoms. The van der Waals surface area contributed by atoms with Gasteiger partial charge in [-0.2, -0.15) is 0 Å². The first-order chi connectivity index (χ1) is 22.2. The van der Waals surface area contributed by atoms with Crippen molar-refractivity contribution in [3.8, 4) is 0 Å². The van der Waals surface area contributed by atoms with Crippen molar-refractivity contribution < 1.29 is 19.5 Å². The molecule has 248 valence electrons. The normalized spacial score (nSPS) is 24.2. The van der Waals surface area contributed by atoms with E-state index in [0.717, 1.165) is 47.2 Å². The average Bonchev–Trinajstić information content (AvgIpc) is 3.23. The van der Waals surface area contributed by atoms with Crippen LogP contribution in [0.25, 0.3) is 0 Å². The number of para-hydroxylation sites is 1. The van der Waals surface area contributed by atoms with Gasteiger partial charge in [-0.05, 0) is 129 Å². The van der Waals surface area contributed by atoms with E-state index in [1.165, 1.54) is 17.7 Å². The fourth-order valence-corrected chi connectivity index (χ4v) is 8.71. The van der Waals surface area contributed by atoms with E-state index in [1.54, 1.807) is 0 Å². The number of hydrogen-bond donors (Lipinski definition) is 3. The SMILES string of the molecule is CN1CCC(C2CCN(C(=O)C(Cc3ccc(N)c(Br)c3)[C@H]3CC(N4CCc5ccccc5NC4=O)CCN3C(=O)O)CC2)CC1. The summed E-state index contributed by atoms with van der Waals surface area (Å²) in [5.41, 5.74) is 9.53. The number of amides is 4. The lowest BCUT2D eigenvalue weighted by Gasteiger charge is -2.46. The lowest BCUT2D eigenvalue weighted by Crippen LogP contribution is -2.59. The van der Waals surface area contributed by atoms with Crippen LogP contribution >= 0.6 is 15.9 Å². The maximum absolute atomic E-state index is 14.6. The minimum Gasteiger partial charge on any atom is -0.465 e. The Balaban J connectivity index is 1.23. The van der Waals surface area contributed by atoms with Crippen molar-refractivity contribution in [3.63, 3.8) is 0 Å². The highest BCUT2D eigenvalue weighted by atomic mass is 79.9. The third kappa shape index (κ3) is 7.15. The minimum absolute atomic E-state index is 0.0133. The Bertz CT molecular complexity index is 1420. The zero-order valence-corrected chi connectivity index (χ0v) is 28.3. The summed E-state index contributed by atoms with van der Waals surface area (Å²) in [5, 5.41) is 13.5. The number of benzene rings is 2. The summed E-state index contributed by atoms with van der Waals surface area (Å²) in [6.45, 7) is 4.49. The highest BCUT2D eigenvalue weighted by Gasteiger charge is 2.44. The first kappa shape index (κ1) is 32.6. The fraction of sp³-hybridized carbons (Fsp3) is 0.571. The molecule has 3 saturated heterocycles. The van der Waals surface area contributed by atoms with Crippen LogP contribution in [0.1, 0.15) is 49.7 Å². The lowest BCUT2D eigenvalue weighted by molar-refractivity contribution is -0.140. The summed E-state index contributed by atoms with van der Waals surface area (Å²) >= 11 is 3.54. The number of hydrogen-bond acceptors (Lipinski definition) is 5. The monoisotopic (exact) mass is 694 g/mol. The zero-order chi connectivity index (χ0) is 32.4. The second kappa shape index (κ2) is 14.2. The standard InChI is InChI=1S/C35H47BrN6O4/c1-39-14-8-24(9-15-39)25-10-16-40(17-11-25)33(43)28(20-23-6-7-30(37)29(36)21-23)32-22-27(13-19-42(32)35(45)46)41-18-12-26-4-2-3-5-31(26)38-34(41)44/h2-7,21,24-25,27-28,32H,8-20,22,37H2,1H3,(H,38,44)(H,45,46)/t27?,28?,32-/m1/s1. The molecule has 4 heterocycles. The number of carbonyl (C=O) groups excluding carboxylic acids is 2. The molecule has 4 amide bonds. The summed E-state index contributed by atoms with van der Waals surface area (Å²) in [7, 11) is 2.19. The molecule has 4 aliphatic rings. The largest absolute Gasteiger partial charge is 0.465 e. The van der Waals surface area contributed by atoms with Crippen LogP contribution in [0.3, 0.4) is 0 Å². The zero-order valence-electron chi connectivity index (χ0n) is 26.7. The molecule has 0 saturated carbocycles. The van der Waals surface area contributed by atoms with Crippen molar-refractivity contribution in [2.75, 3.05) is 57.4 Å². The topological polar surface area (TPSA) is 122 Å². The van der Waals surface area contributed by atoms with Crippen LogP contribution in [0.15, 0.2) is 46.9 Å². The van der Waals surface area contributed by atoms with Crippen LogP contribution in [-0.2, 0) is 17.6 Å². The molecule has 0 spiro atoms. The van der Waals surface area contributed by atoms with Gasteiger partial charge in [-0.15, -0.1) is 0 Å². The Hall–Kier alpha value is -3.31. The van der Waals surface area contributed by atoms with Crippen LogP contribution in [0.2, 0.25) is 0 Å². The second-order valence-corrected chi connectivity index (χ2v) is 14.6. The highest BCUT2D eigenvalue weighted by Crippen LogP contribution is 2.36. The molecule has 46 heavy (non-hydrogen) atoms. The number of halogens is 1. The van der Waals surface area contributed by atoms with Gasteiger partial charge in [0.2, 0.25) is 5.91 Å². The second-order valence-electron chi connectivity index (χ2n) is 13.7. The number of carbonyl (C=O) groups is 3. The van der Waals surface area contributed by atoms with E-state index >= 15 is 0 Å². The van der Waals surface area contributed by atoms with Gasteiger partial charge in [0.15, 0.2) is 0 Å². The number of fused-ring (bicyclic) bond motifs is 1. The van der Waals surface area contributed by atoms with Gasteiger partial charge in [0.05, 0.1) is 5.92 Å². The molecular weight excluding hydrogens is 648 g/mol. The first-order valence-electron chi connectivity index (χ1n) is 16.8. The Morgan fingerprint density at radius 2 is 1.67 bits per heavy atom. The molecule has 3 fully saturated rings.